The number of aliphatic hydroxyl groups excluding tert-OH is 1. The lowest BCUT2D eigenvalue weighted by atomic mass is 10.1. The summed E-state index contributed by atoms with van der Waals surface area (Å²) in [5.41, 5.74) is 2.76. The number of hydrogen-bond acceptors (Lipinski definition) is 2. The molecule has 15 heavy (non-hydrogen) atoms. The summed E-state index contributed by atoms with van der Waals surface area (Å²) in [5, 5.41) is 14.0. The van der Waals surface area contributed by atoms with E-state index in [4.69, 9.17) is 11.6 Å². The van der Waals surface area contributed by atoms with Gasteiger partial charge in [0.1, 0.15) is 0 Å². The predicted octanol–water partition coefficient (Wildman–Crippen LogP) is 2.23. The minimum atomic E-state index is -0.0194. The predicted molar refractivity (Wildman–Crippen MR) is 59.6 cm³/mol. The van der Waals surface area contributed by atoms with Crippen LogP contribution in [0.15, 0.2) is 30.5 Å². The molecule has 0 fully saturated rings. The van der Waals surface area contributed by atoms with Gasteiger partial charge in [0.05, 0.1) is 18.5 Å². The molecular formula is C11H11ClN2O. The van der Waals surface area contributed by atoms with E-state index in [2.05, 4.69) is 5.10 Å². The summed E-state index contributed by atoms with van der Waals surface area (Å²) < 4.78 is 1.67. The molecule has 2 aromatic rings. The van der Waals surface area contributed by atoms with Crippen molar-refractivity contribution in [3.8, 4) is 11.1 Å². The third-order valence-electron chi connectivity index (χ3n) is 2.37. The van der Waals surface area contributed by atoms with E-state index >= 15 is 0 Å². The fourth-order valence-electron chi connectivity index (χ4n) is 1.52. The van der Waals surface area contributed by atoms with Gasteiger partial charge in [-0.2, -0.15) is 5.10 Å². The van der Waals surface area contributed by atoms with Crippen molar-refractivity contribution in [2.45, 2.75) is 6.61 Å². The quantitative estimate of drug-likeness (QED) is 0.846. The zero-order valence-electron chi connectivity index (χ0n) is 8.31. The maximum Gasteiger partial charge on any atom is 0.0856 e. The van der Waals surface area contributed by atoms with Crippen LogP contribution in [0, 0.1) is 0 Å². The Morgan fingerprint density at radius 3 is 2.60 bits per heavy atom. The van der Waals surface area contributed by atoms with Gasteiger partial charge in [-0.1, -0.05) is 23.7 Å². The van der Waals surface area contributed by atoms with Gasteiger partial charge in [0.2, 0.25) is 0 Å². The van der Waals surface area contributed by atoms with Gasteiger partial charge < -0.3 is 5.11 Å². The molecule has 78 valence electrons. The number of aryl methyl sites for hydroxylation is 1. The molecule has 3 nitrogen and oxygen atoms in total. The normalized spacial score (nSPS) is 10.6. The first-order valence-electron chi connectivity index (χ1n) is 4.60. The van der Waals surface area contributed by atoms with E-state index in [1.54, 1.807) is 10.9 Å². The monoisotopic (exact) mass is 222 g/mol. The molecule has 1 heterocycles. The summed E-state index contributed by atoms with van der Waals surface area (Å²) in [6.45, 7) is -0.0194. The highest BCUT2D eigenvalue weighted by atomic mass is 35.5. The smallest absolute Gasteiger partial charge is 0.0856 e. The van der Waals surface area contributed by atoms with Crippen molar-refractivity contribution < 1.29 is 5.11 Å². The molecule has 0 aliphatic rings. The molecule has 0 radical (unpaired) electrons. The van der Waals surface area contributed by atoms with Gasteiger partial charge in [0.25, 0.3) is 0 Å². The third-order valence-corrected chi connectivity index (χ3v) is 2.62. The van der Waals surface area contributed by atoms with Crippen molar-refractivity contribution in [2.24, 2.45) is 7.05 Å². The minimum absolute atomic E-state index is 0.0194. The molecule has 1 N–H and O–H groups in total. The molecule has 0 aliphatic carbocycles. The van der Waals surface area contributed by atoms with E-state index in [-0.39, 0.29) is 6.61 Å². The summed E-state index contributed by atoms with van der Waals surface area (Å²) in [4.78, 5) is 0. The highest BCUT2D eigenvalue weighted by molar-refractivity contribution is 6.30. The first kappa shape index (κ1) is 10.2. The zero-order chi connectivity index (χ0) is 10.8. The zero-order valence-corrected chi connectivity index (χ0v) is 9.07. The Hall–Kier alpha value is -1.32. The second kappa shape index (κ2) is 4.04. The van der Waals surface area contributed by atoms with Crippen LogP contribution >= 0.6 is 11.6 Å². The second-order valence-electron chi connectivity index (χ2n) is 3.29. The van der Waals surface area contributed by atoms with E-state index in [0.29, 0.717) is 5.02 Å². The number of benzene rings is 1. The largest absolute Gasteiger partial charge is 0.390 e. The van der Waals surface area contributed by atoms with Crippen LogP contribution in [0.1, 0.15) is 5.69 Å². The molecule has 0 saturated carbocycles. The van der Waals surface area contributed by atoms with Crippen LogP contribution in [0.3, 0.4) is 0 Å². The molecule has 2 rings (SSSR count). The molecule has 1 aromatic heterocycles. The summed E-state index contributed by atoms with van der Waals surface area (Å²) in [6, 6.07) is 7.48. The Morgan fingerprint density at radius 1 is 1.33 bits per heavy atom. The average molecular weight is 223 g/mol. The van der Waals surface area contributed by atoms with E-state index in [0.717, 1.165) is 16.8 Å². The lowest BCUT2D eigenvalue weighted by Crippen LogP contribution is -1.98. The van der Waals surface area contributed by atoms with Crippen molar-refractivity contribution in [3.05, 3.63) is 41.2 Å². The fourth-order valence-corrected chi connectivity index (χ4v) is 1.65. The fraction of sp³-hybridized carbons (Fsp3) is 0.182. The van der Waals surface area contributed by atoms with Gasteiger partial charge in [0.15, 0.2) is 0 Å². The van der Waals surface area contributed by atoms with E-state index in [1.807, 2.05) is 31.3 Å². The van der Waals surface area contributed by atoms with Crippen LogP contribution in [0.2, 0.25) is 5.02 Å². The number of hydrogen-bond donors (Lipinski definition) is 1. The Kier molecular flexibility index (Phi) is 2.75. The van der Waals surface area contributed by atoms with Crippen LogP contribution in [0.25, 0.3) is 11.1 Å². The Balaban J connectivity index is 2.49. The first-order chi connectivity index (χ1) is 7.22. The average Bonchev–Trinajstić information content (AvgIpc) is 2.61. The number of rotatable bonds is 2. The van der Waals surface area contributed by atoms with Crippen molar-refractivity contribution in [3.63, 3.8) is 0 Å². The second-order valence-corrected chi connectivity index (χ2v) is 3.73. The summed E-state index contributed by atoms with van der Waals surface area (Å²) >= 11 is 5.81. The highest BCUT2D eigenvalue weighted by Crippen LogP contribution is 2.24. The molecule has 0 aliphatic heterocycles. The maximum absolute atomic E-state index is 9.22. The molecule has 0 unspecified atom stereocenters. The van der Waals surface area contributed by atoms with Gasteiger partial charge in [-0.15, -0.1) is 0 Å². The summed E-state index contributed by atoms with van der Waals surface area (Å²) in [6.07, 6.45) is 1.74. The standard InChI is InChI=1S/C11H11ClN2O/c1-14-11(7-15)10(6-13-14)8-2-4-9(12)5-3-8/h2-6,15H,7H2,1H3. The van der Waals surface area contributed by atoms with Gasteiger partial charge in [-0.3, -0.25) is 4.68 Å². The summed E-state index contributed by atoms with van der Waals surface area (Å²) in [7, 11) is 1.81. The SMILES string of the molecule is Cn1ncc(-c2ccc(Cl)cc2)c1CO. The molecule has 0 atom stereocenters. The van der Waals surface area contributed by atoms with Crippen molar-refractivity contribution in [2.75, 3.05) is 0 Å². The van der Waals surface area contributed by atoms with Gasteiger partial charge in [-0.25, -0.2) is 0 Å². The maximum atomic E-state index is 9.22. The minimum Gasteiger partial charge on any atom is -0.390 e. The van der Waals surface area contributed by atoms with Crippen LogP contribution in [0.4, 0.5) is 0 Å². The number of aliphatic hydroxyl groups is 1. The van der Waals surface area contributed by atoms with Gasteiger partial charge in [-0.05, 0) is 17.7 Å². The Labute approximate surface area is 92.9 Å². The Morgan fingerprint density at radius 2 is 2.00 bits per heavy atom. The highest BCUT2D eigenvalue weighted by Gasteiger charge is 2.08. The number of halogens is 1. The van der Waals surface area contributed by atoms with Crippen LogP contribution in [-0.4, -0.2) is 14.9 Å². The molecule has 4 heteroatoms. The molecule has 0 saturated heterocycles. The van der Waals surface area contributed by atoms with Crippen LogP contribution in [-0.2, 0) is 13.7 Å². The number of aromatic nitrogens is 2. The van der Waals surface area contributed by atoms with Gasteiger partial charge >= 0.3 is 0 Å². The number of nitrogens with zero attached hydrogens (tertiary/aromatic N) is 2. The summed E-state index contributed by atoms with van der Waals surface area (Å²) in [5.74, 6) is 0. The van der Waals surface area contributed by atoms with Crippen LogP contribution < -0.4 is 0 Å². The molecule has 0 bridgehead atoms. The Bertz CT molecular complexity index is 462. The van der Waals surface area contributed by atoms with E-state index < -0.39 is 0 Å². The first-order valence-corrected chi connectivity index (χ1v) is 4.98. The lowest BCUT2D eigenvalue weighted by Gasteiger charge is -2.02. The lowest BCUT2D eigenvalue weighted by molar-refractivity contribution is 0.271. The van der Waals surface area contributed by atoms with Crippen molar-refractivity contribution in [1.82, 2.24) is 9.78 Å². The van der Waals surface area contributed by atoms with Crippen molar-refractivity contribution >= 4 is 11.6 Å². The third kappa shape index (κ3) is 1.89. The molecule has 0 amide bonds. The molecular weight excluding hydrogens is 212 g/mol. The topological polar surface area (TPSA) is 38.0 Å². The van der Waals surface area contributed by atoms with Gasteiger partial charge in [0, 0.05) is 17.6 Å². The molecule has 0 spiro atoms. The van der Waals surface area contributed by atoms with Crippen molar-refractivity contribution in [1.29, 1.82) is 0 Å². The van der Waals surface area contributed by atoms with E-state index in [9.17, 15) is 5.11 Å². The van der Waals surface area contributed by atoms with E-state index in [1.165, 1.54) is 0 Å². The van der Waals surface area contributed by atoms with Crippen LogP contribution in [0.5, 0.6) is 0 Å². The molecule has 1 aromatic carbocycles.